The maximum absolute atomic E-state index is 12.4. The molecule has 0 saturated heterocycles. The van der Waals surface area contributed by atoms with Crippen molar-refractivity contribution in [1.29, 1.82) is 0 Å². The fraction of sp³-hybridized carbons (Fsp3) is 0.267. The first-order valence-electron chi connectivity index (χ1n) is 6.73. The molecule has 0 aliphatic carbocycles. The van der Waals surface area contributed by atoms with E-state index in [2.05, 4.69) is 28.8 Å². The van der Waals surface area contributed by atoms with Gasteiger partial charge in [-0.25, -0.2) is 9.97 Å². The zero-order valence-electron chi connectivity index (χ0n) is 11.8. The summed E-state index contributed by atoms with van der Waals surface area (Å²) in [6.45, 7) is 4.41. The molecule has 0 aromatic carbocycles. The summed E-state index contributed by atoms with van der Waals surface area (Å²) in [6.07, 6.45) is 5.28. The zero-order chi connectivity index (χ0) is 15.0. The fourth-order valence-electron chi connectivity index (χ4n) is 2.22. The van der Waals surface area contributed by atoms with Crippen molar-refractivity contribution in [3.05, 3.63) is 47.3 Å². The lowest BCUT2D eigenvalue weighted by atomic mass is 10.1. The maximum Gasteiger partial charge on any atom is 0.184 e. The summed E-state index contributed by atoms with van der Waals surface area (Å²) in [4.78, 5) is 23.9. The van der Waals surface area contributed by atoms with E-state index in [1.165, 1.54) is 0 Å². The predicted octanol–water partition coefficient (Wildman–Crippen LogP) is 3.42. The van der Waals surface area contributed by atoms with Crippen LogP contribution in [0.4, 0.5) is 0 Å². The minimum absolute atomic E-state index is 0.0121. The van der Waals surface area contributed by atoms with Crippen molar-refractivity contribution in [2.45, 2.75) is 26.3 Å². The van der Waals surface area contributed by atoms with Crippen LogP contribution in [0.1, 0.15) is 35.8 Å². The normalized spacial score (nSPS) is 11.4. The molecule has 0 atom stereocenters. The number of hydrogen-bond acceptors (Lipinski definition) is 3. The van der Waals surface area contributed by atoms with Gasteiger partial charge in [0.2, 0.25) is 0 Å². The van der Waals surface area contributed by atoms with Gasteiger partial charge in [0.15, 0.2) is 5.78 Å². The molecule has 3 aromatic heterocycles. The highest BCUT2D eigenvalue weighted by molar-refractivity contribution is 6.29. The molecular weight excluding hydrogens is 288 g/mol. The number of hydrogen-bond donors (Lipinski definition) is 1. The number of H-pyrrole nitrogens is 1. The molecule has 0 aliphatic rings. The number of imidazole rings is 1. The molecule has 0 radical (unpaired) electrons. The van der Waals surface area contributed by atoms with Crippen molar-refractivity contribution in [3.63, 3.8) is 0 Å². The molecule has 3 heterocycles. The van der Waals surface area contributed by atoms with Gasteiger partial charge in [-0.1, -0.05) is 25.4 Å². The Hall–Kier alpha value is -2.14. The first kappa shape index (κ1) is 13.8. The van der Waals surface area contributed by atoms with Crippen molar-refractivity contribution in [1.82, 2.24) is 19.5 Å². The SMILES string of the molecule is CC(C)c1cn(CC(=O)c2c[nH]c3nc(Cl)ccc23)cn1. The summed E-state index contributed by atoms with van der Waals surface area (Å²) in [5.41, 5.74) is 2.23. The van der Waals surface area contributed by atoms with Crippen molar-refractivity contribution < 1.29 is 4.79 Å². The molecule has 3 rings (SSSR count). The quantitative estimate of drug-likeness (QED) is 0.593. The monoisotopic (exact) mass is 302 g/mol. The van der Waals surface area contributed by atoms with E-state index in [1.807, 2.05) is 12.3 Å². The van der Waals surface area contributed by atoms with Gasteiger partial charge in [-0.15, -0.1) is 0 Å². The van der Waals surface area contributed by atoms with Crippen LogP contribution in [0.5, 0.6) is 0 Å². The number of nitrogens with one attached hydrogen (secondary N) is 1. The average Bonchev–Trinajstić information content (AvgIpc) is 3.04. The van der Waals surface area contributed by atoms with Gasteiger partial charge in [0.25, 0.3) is 0 Å². The predicted molar refractivity (Wildman–Crippen MR) is 81.8 cm³/mol. The number of pyridine rings is 1. The number of Topliss-reactive ketones (excluding diaryl/α,β-unsaturated/α-hetero) is 1. The summed E-state index contributed by atoms with van der Waals surface area (Å²) >= 11 is 5.84. The standard InChI is InChI=1S/C15H15ClN4O/c1-9(2)12-6-20(8-18-12)7-13(21)11-5-17-15-10(11)3-4-14(16)19-15/h3-6,8-9H,7H2,1-2H3,(H,17,19). The lowest BCUT2D eigenvalue weighted by molar-refractivity contribution is 0.0973. The Morgan fingerprint density at radius 1 is 1.43 bits per heavy atom. The summed E-state index contributed by atoms with van der Waals surface area (Å²) in [6, 6.07) is 3.49. The highest BCUT2D eigenvalue weighted by atomic mass is 35.5. The van der Waals surface area contributed by atoms with Crippen LogP contribution in [0, 0.1) is 0 Å². The van der Waals surface area contributed by atoms with Crippen LogP contribution in [0.3, 0.4) is 0 Å². The molecule has 0 amide bonds. The number of halogens is 1. The molecule has 108 valence electrons. The number of fused-ring (bicyclic) bond motifs is 1. The number of ketones is 1. The summed E-state index contributed by atoms with van der Waals surface area (Å²) in [7, 11) is 0. The van der Waals surface area contributed by atoms with E-state index in [4.69, 9.17) is 11.6 Å². The molecule has 0 saturated carbocycles. The smallest absolute Gasteiger partial charge is 0.184 e. The third-order valence-electron chi connectivity index (χ3n) is 3.38. The van der Waals surface area contributed by atoms with Crippen LogP contribution in [0.25, 0.3) is 11.0 Å². The van der Waals surface area contributed by atoms with Crippen LogP contribution < -0.4 is 0 Å². The average molecular weight is 303 g/mol. The third-order valence-corrected chi connectivity index (χ3v) is 3.59. The van der Waals surface area contributed by atoms with Gasteiger partial charge in [-0.2, -0.15) is 0 Å². The second-order valence-electron chi connectivity index (χ2n) is 5.28. The molecule has 0 aliphatic heterocycles. The topological polar surface area (TPSA) is 63.6 Å². The van der Waals surface area contributed by atoms with Gasteiger partial charge in [0, 0.05) is 23.3 Å². The van der Waals surface area contributed by atoms with Crippen LogP contribution in [0.2, 0.25) is 5.15 Å². The second kappa shape index (κ2) is 5.33. The zero-order valence-corrected chi connectivity index (χ0v) is 12.6. The van der Waals surface area contributed by atoms with E-state index < -0.39 is 0 Å². The van der Waals surface area contributed by atoms with Crippen LogP contribution in [-0.2, 0) is 6.54 Å². The van der Waals surface area contributed by atoms with Crippen molar-refractivity contribution in [2.24, 2.45) is 0 Å². The number of aromatic amines is 1. The molecule has 6 heteroatoms. The molecule has 21 heavy (non-hydrogen) atoms. The fourth-order valence-corrected chi connectivity index (χ4v) is 2.37. The van der Waals surface area contributed by atoms with Crippen LogP contribution >= 0.6 is 11.6 Å². The van der Waals surface area contributed by atoms with Crippen LogP contribution in [-0.4, -0.2) is 25.3 Å². The van der Waals surface area contributed by atoms with Crippen molar-refractivity contribution in [2.75, 3.05) is 0 Å². The van der Waals surface area contributed by atoms with E-state index >= 15 is 0 Å². The van der Waals surface area contributed by atoms with E-state index in [0.29, 0.717) is 22.3 Å². The van der Waals surface area contributed by atoms with Gasteiger partial charge in [0.1, 0.15) is 10.8 Å². The number of carbonyl (C=O) groups excluding carboxylic acids is 1. The Kier molecular flexibility index (Phi) is 3.51. The minimum Gasteiger partial charge on any atom is -0.345 e. The van der Waals surface area contributed by atoms with Gasteiger partial charge < -0.3 is 9.55 Å². The van der Waals surface area contributed by atoms with Gasteiger partial charge in [-0.05, 0) is 18.1 Å². The highest BCUT2D eigenvalue weighted by Crippen LogP contribution is 2.20. The number of nitrogens with zero attached hydrogens (tertiary/aromatic N) is 3. The largest absolute Gasteiger partial charge is 0.345 e. The lowest BCUT2D eigenvalue weighted by Crippen LogP contribution is -2.08. The molecule has 0 bridgehead atoms. The van der Waals surface area contributed by atoms with Gasteiger partial charge >= 0.3 is 0 Å². The van der Waals surface area contributed by atoms with E-state index in [0.717, 1.165) is 11.1 Å². The van der Waals surface area contributed by atoms with E-state index in [1.54, 1.807) is 23.2 Å². The Bertz CT molecular complexity index is 803. The Morgan fingerprint density at radius 3 is 2.95 bits per heavy atom. The lowest BCUT2D eigenvalue weighted by Gasteiger charge is -2.01. The van der Waals surface area contributed by atoms with Gasteiger partial charge in [0.05, 0.1) is 18.6 Å². The summed E-state index contributed by atoms with van der Waals surface area (Å²) in [5, 5.41) is 1.19. The number of aromatic nitrogens is 4. The molecule has 0 unspecified atom stereocenters. The van der Waals surface area contributed by atoms with E-state index in [-0.39, 0.29) is 12.3 Å². The Morgan fingerprint density at radius 2 is 2.24 bits per heavy atom. The molecule has 5 nitrogen and oxygen atoms in total. The summed E-state index contributed by atoms with van der Waals surface area (Å²) < 4.78 is 1.81. The van der Waals surface area contributed by atoms with Crippen molar-refractivity contribution >= 4 is 28.4 Å². The van der Waals surface area contributed by atoms with Gasteiger partial charge in [-0.3, -0.25) is 4.79 Å². The highest BCUT2D eigenvalue weighted by Gasteiger charge is 2.14. The number of carbonyl (C=O) groups is 1. The van der Waals surface area contributed by atoms with Crippen molar-refractivity contribution in [3.8, 4) is 0 Å². The Balaban J connectivity index is 1.86. The van der Waals surface area contributed by atoms with Crippen LogP contribution in [0.15, 0.2) is 30.9 Å². The molecule has 0 spiro atoms. The van der Waals surface area contributed by atoms with E-state index in [9.17, 15) is 4.79 Å². The second-order valence-corrected chi connectivity index (χ2v) is 5.67. The minimum atomic E-state index is 0.0121. The third kappa shape index (κ3) is 2.69. The molecular formula is C15H15ClN4O. The maximum atomic E-state index is 12.4. The number of rotatable bonds is 4. The molecule has 1 N–H and O–H groups in total. The molecule has 3 aromatic rings. The first-order chi connectivity index (χ1) is 10.0. The Labute approximate surface area is 127 Å². The molecule has 0 fully saturated rings. The summed E-state index contributed by atoms with van der Waals surface area (Å²) in [5.74, 6) is 0.360. The first-order valence-corrected chi connectivity index (χ1v) is 7.11.